The molecule has 1 aromatic carbocycles. The van der Waals surface area contributed by atoms with Gasteiger partial charge in [-0.3, -0.25) is 5.32 Å². The number of hydrogen-bond acceptors (Lipinski definition) is 5. The molecule has 2 aliphatic rings. The summed E-state index contributed by atoms with van der Waals surface area (Å²) in [4.78, 5) is 12.6. The molecule has 0 radical (unpaired) electrons. The van der Waals surface area contributed by atoms with E-state index in [-0.39, 0.29) is 23.1 Å². The Bertz CT molecular complexity index is 651. The van der Waals surface area contributed by atoms with Crippen molar-refractivity contribution in [1.29, 1.82) is 0 Å². The summed E-state index contributed by atoms with van der Waals surface area (Å²) >= 11 is 0. The van der Waals surface area contributed by atoms with Gasteiger partial charge in [-0.15, -0.1) is 0 Å². The molecule has 0 spiro atoms. The van der Waals surface area contributed by atoms with Gasteiger partial charge in [-0.2, -0.15) is 0 Å². The maximum atomic E-state index is 12.3. The molecule has 1 aromatic rings. The summed E-state index contributed by atoms with van der Waals surface area (Å²) in [5.41, 5.74) is -0.511. The first-order valence-corrected chi connectivity index (χ1v) is 8.33. The van der Waals surface area contributed by atoms with E-state index < -0.39 is 21.3 Å². The van der Waals surface area contributed by atoms with E-state index >= 15 is 0 Å². The Hall–Kier alpha value is -1.40. The van der Waals surface area contributed by atoms with E-state index in [1.54, 1.807) is 24.3 Å². The van der Waals surface area contributed by atoms with Crippen LogP contribution in [0.25, 0.3) is 0 Å². The van der Waals surface area contributed by atoms with E-state index in [4.69, 9.17) is 4.74 Å². The monoisotopic (exact) mass is 295 g/mol. The van der Waals surface area contributed by atoms with Gasteiger partial charge in [-0.25, -0.2) is 13.2 Å². The summed E-state index contributed by atoms with van der Waals surface area (Å²) in [6, 6.07) is 6.98. The van der Waals surface area contributed by atoms with Gasteiger partial charge in [0, 0.05) is 11.6 Å². The topological polar surface area (TPSA) is 72.5 Å². The number of sulfone groups is 1. The largest absolute Gasteiger partial charge is 0.467 e. The summed E-state index contributed by atoms with van der Waals surface area (Å²) in [6.45, 7) is 0. The van der Waals surface area contributed by atoms with Gasteiger partial charge in [0.1, 0.15) is 5.54 Å². The maximum absolute atomic E-state index is 12.3. The number of nitrogens with one attached hydrogen (secondary N) is 1. The van der Waals surface area contributed by atoms with Crippen LogP contribution in [0.1, 0.15) is 24.8 Å². The van der Waals surface area contributed by atoms with Gasteiger partial charge in [0.2, 0.25) is 0 Å². The highest BCUT2D eigenvalue weighted by atomic mass is 32.2. The molecule has 0 saturated heterocycles. The number of esters is 1. The molecule has 1 atom stereocenters. The number of carbonyl (C=O) groups is 1. The fraction of sp³-hybridized carbons (Fsp3) is 0.500. The van der Waals surface area contributed by atoms with Crippen LogP contribution in [0.15, 0.2) is 29.2 Å². The first kappa shape index (κ1) is 13.6. The molecule has 0 amide bonds. The van der Waals surface area contributed by atoms with Crippen LogP contribution in [0.4, 0.5) is 0 Å². The molecule has 1 N–H and O–H groups in total. The number of carbonyl (C=O) groups excluding carboxylic acids is 1. The summed E-state index contributed by atoms with van der Waals surface area (Å²) in [5.74, 6) is -0.453. The molecule has 3 rings (SSSR count). The van der Waals surface area contributed by atoms with Crippen molar-refractivity contribution >= 4 is 15.8 Å². The molecule has 6 heteroatoms. The van der Waals surface area contributed by atoms with Crippen molar-refractivity contribution in [3.05, 3.63) is 29.8 Å². The molecule has 0 bridgehead atoms. The average Bonchev–Trinajstić information content (AvgIpc) is 3.26. The van der Waals surface area contributed by atoms with E-state index in [1.807, 2.05) is 0 Å². The second-order valence-electron chi connectivity index (χ2n) is 5.38. The zero-order chi connectivity index (χ0) is 14.4. The van der Waals surface area contributed by atoms with Crippen molar-refractivity contribution in [1.82, 2.24) is 5.32 Å². The minimum atomic E-state index is -3.32. The van der Waals surface area contributed by atoms with Crippen LogP contribution in [-0.4, -0.2) is 33.3 Å². The highest BCUT2D eigenvalue weighted by Crippen LogP contribution is 2.40. The molecule has 108 valence electrons. The molecule has 1 saturated carbocycles. The molecule has 1 unspecified atom stereocenters. The van der Waals surface area contributed by atoms with Crippen LogP contribution >= 0.6 is 0 Å². The van der Waals surface area contributed by atoms with Crippen molar-refractivity contribution in [3.8, 4) is 0 Å². The van der Waals surface area contributed by atoms with Crippen molar-refractivity contribution in [2.75, 3.05) is 12.9 Å². The number of rotatable bonds is 3. The van der Waals surface area contributed by atoms with Gasteiger partial charge in [0.05, 0.1) is 17.8 Å². The van der Waals surface area contributed by atoms with Crippen LogP contribution in [0.5, 0.6) is 0 Å². The Kier molecular flexibility index (Phi) is 3.10. The second-order valence-corrected chi connectivity index (χ2v) is 7.46. The Morgan fingerprint density at radius 1 is 1.35 bits per heavy atom. The van der Waals surface area contributed by atoms with Crippen molar-refractivity contribution in [2.45, 2.75) is 35.7 Å². The quantitative estimate of drug-likeness (QED) is 0.842. The lowest BCUT2D eigenvalue weighted by molar-refractivity contribution is -0.149. The number of ether oxygens (including phenoxy) is 1. The van der Waals surface area contributed by atoms with Gasteiger partial charge in [0.25, 0.3) is 0 Å². The lowest BCUT2D eigenvalue weighted by atomic mass is 9.86. The minimum Gasteiger partial charge on any atom is -0.467 e. The highest BCUT2D eigenvalue weighted by Gasteiger charge is 2.50. The predicted octanol–water partition coefficient (Wildman–Crippen LogP) is 0.984. The summed E-state index contributed by atoms with van der Waals surface area (Å²) in [6.07, 6.45) is 2.23. The first-order chi connectivity index (χ1) is 9.49. The fourth-order valence-electron chi connectivity index (χ4n) is 2.79. The van der Waals surface area contributed by atoms with Crippen LogP contribution in [0.2, 0.25) is 0 Å². The zero-order valence-corrected chi connectivity index (χ0v) is 12.1. The molecular formula is C14H17NO4S. The van der Waals surface area contributed by atoms with Gasteiger partial charge >= 0.3 is 5.97 Å². The van der Waals surface area contributed by atoms with E-state index in [9.17, 15) is 13.2 Å². The van der Waals surface area contributed by atoms with E-state index in [2.05, 4.69) is 5.32 Å². The lowest BCUT2D eigenvalue weighted by Crippen LogP contribution is -2.54. The first-order valence-electron chi connectivity index (χ1n) is 6.68. The Balaban J connectivity index is 2.17. The third kappa shape index (κ3) is 2.03. The minimum absolute atomic E-state index is 0.0428. The average molecular weight is 295 g/mol. The van der Waals surface area contributed by atoms with Crippen LogP contribution in [0.3, 0.4) is 0 Å². The Morgan fingerprint density at radius 3 is 2.70 bits per heavy atom. The maximum Gasteiger partial charge on any atom is 0.330 e. The smallest absolute Gasteiger partial charge is 0.330 e. The molecule has 0 aromatic heterocycles. The zero-order valence-electron chi connectivity index (χ0n) is 11.3. The van der Waals surface area contributed by atoms with Gasteiger partial charge < -0.3 is 4.74 Å². The van der Waals surface area contributed by atoms with E-state index in [0.29, 0.717) is 5.56 Å². The summed E-state index contributed by atoms with van der Waals surface area (Å²) < 4.78 is 29.3. The molecule has 1 aliphatic carbocycles. The molecule has 1 heterocycles. The number of hydrogen-bond donors (Lipinski definition) is 1. The number of fused-ring (bicyclic) bond motifs is 1. The molecule has 5 nitrogen and oxygen atoms in total. The molecule has 20 heavy (non-hydrogen) atoms. The highest BCUT2D eigenvalue weighted by molar-refractivity contribution is 7.91. The standard InChI is InChI=1S/C14H17NO4S/c1-19-13(16)14(15-10-6-7-10)8-9-20(17,18)12-5-3-2-4-11(12)14/h2-5,10,15H,6-9H2,1H3. The third-order valence-corrected chi connectivity index (χ3v) is 5.76. The van der Waals surface area contributed by atoms with Crippen LogP contribution in [-0.2, 0) is 24.9 Å². The molecule has 1 fully saturated rings. The van der Waals surface area contributed by atoms with Gasteiger partial charge in [-0.05, 0) is 25.3 Å². The number of methoxy groups -OCH3 is 1. The van der Waals surface area contributed by atoms with Crippen LogP contribution in [0, 0.1) is 0 Å². The molecular weight excluding hydrogens is 278 g/mol. The SMILES string of the molecule is COC(=O)C1(NC2CC2)CCS(=O)(=O)c2ccccc21. The van der Waals surface area contributed by atoms with E-state index in [0.717, 1.165) is 12.8 Å². The number of benzene rings is 1. The van der Waals surface area contributed by atoms with Crippen molar-refractivity contribution in [2.24, 2.45) is 0 Å². The second kappa shape index (κ2) is 4.56. The summed E-state index contributed by atoms with van der Waals surface area (Å²) in [5, 5.41) is 3.31. The normalized spacial score (nSPS) is 27.6. The van der Waals surface area contributed by atoms with Crippen LogP contribution < -0.4 is 5.32 Å². The van der Waals surface area contributed by atoms with Crippen molar-refractivity contribution in [3.63, 3.8) is 0 Å². The fourth-order valence-corrected chi connectivity index (χ4v) is 4.45. The summed E-state index contributed by atoms with van der Waals surface area (Å²) in [7, 11) is -1.98. The third-order valence-electron chi connectivity index (χ3n) is 3.99. The lowest BCUT2D eigenvalue weighted by Gasteiger charge is -2.37. The Morgan fingerprint density at radius 2 is 2.05 bits per heavy atom. The molecule has 1 aliphatic heterocycles. The van der Waals surface area contributed by atoms with Gasteiger partial charge in [0.15, 0.2) is 9.84 Å². The predicted molar refractivity (Wildman–Crippen MR) is 73.0 cm³/mol. The van der Waals surface area contributed by atoms with Crippen molar-refractivity contribution < 1.29 is 17.9 Å². The van der Waals surface area contributed by atoms with Gasteiger partial charge in [-0.1, -0.05) is 18.2 Å². The Labute approximate surface area is 118 Å². The van der Waals surface area contributed by atoms with E-state index in [1.165, 1.54) is 7.11 Å².